The Labute approximate surface area is 97.8 Å². The molecule has 0 radical (unpaired) electrons. The molecule has 3 rings (SSSR count). The molecule has 80 valence electrons. The van der Waals surface area contributed by atoms with Gasteiger partial charge in [0, 0.05) is 17.8 Å². The Balaban J connectivity index is 2.22. The summed E-state index contributed by atoms with van der Waals surface area (Å²) in [6, 6.07) is 13.4. The van der Waals surface area contributed by atoms with Gasteiger partial charge in [0.05, 0.1) is 5.52 Å². The van der Waals surface area contributed by atoms with Gasteiger partial charge in [0.1, 0.15) is 11.8 Å². The van der Waals surface area contributed by atoms with Gasteiger partial charge in [-0.15, -0.1) is 0 Å². The lowest BCUT2D eigenvalue weighted by molar-refractivity contribution is 0.937. The number of hydrogen-bond acceptors (Lipinski definition) is 3. The maximum absolute atomic E-state index is 8.96. The topological polar surface area (TPSA) is 54.5 Å². The third-order valence-electron chi connectivity index (χ3n) is 2.56. The summed E-state index contributed by atoms with van der Waals surface area (Å²) in [5.41, 5.74) is 1.40. The fourth-order valence-electron chi connectivity index (χ4n) is 1.72. The molecule has 0 unspecified atom stereocenters. The normalized spacial score (nSPS) is 10.3. The number of rotatable bonds is 1. The summed E-state index contributed by atoms with van der Waals surface area (Å²) in [4.78, 5) is 8.69. The minimum Gasteiger partial charge on any atom is -0.276 e. The smallest absolute Gasteiger partial charge is 0.235 e. The second-order valence-corrected chi connectivity index (χ2v) is 3.60. The molecular formula is C13H8N4. The van der Waals surface area contributed by atoms with Crippen molar-refractivity contribution >= 4 is 10.9 Å². The van der Waals surface area contributed by atoms with Gasteiger partial charge in [0.15, 0.2) is 0 Å². The maximum Gasteiger partial charge on any atom is 0.235 e. The van der Waals surface area contributed by atoms with Gasteiger partial charge in [0.2, 0.25) is 5.95 Å². The third-order valence-corrected chi connectivity index (χ3v) is 2.56. The van der Waals surface area contributed by atoms with Crippen LogP contribution in [-0.4, -0.2) is 14.5 Å². The highest BCUT2D eigenvalue weighted by Crippen LogP contribution is 2.13. The molecule has 4 heteroatoms. The minimum atomic E-state index is 0.519. The van der Waals surface area contributed by atoms with Crippen molar-refractivity contribution in [3.63, 3.8) is 0 Å². The number of fused-ring (bicyclic) bond motifs is 1. The highest BCUT2D eigenvalue weighted by molar-refractivity contribution is 5.77. The van der Waals surface area contributed by atoms with Gasteiger partial charge < -0.3 is 0 Å². The van der Waals surface area contributed by atoms with Crippen LogP contribution >= 0.6 is 0 Å². The SMILES string of the molecule is N#Cc1cccn1-c1ncc2ccccc2n1. The van der Waals surface area contributed by atoms with E-state index in [1.807, 2.05) is 24.3 Å². The predicted octanol–water partition coefficient (Wildman–Crippen LogP) is 2.29. The van der Waals surface area contributed by atoms with E-state index in [0.29, 0.717) is 11.6 Å². The van der Waals surface area contributed by atoms with E-state index in [2.05, 4.69) is 16.0 Å². The summed E-state index contributed by atoms with van der Waals surface area (Å²) in [5.74, 6) is 0.519. The number of benzene rings is 1. The molecule has 0 saturated carbocycles. The first-order valence-corrected chi connectivity index (χ1v) is 5.18. The van der Waals surface area contributed by atoms with Crippen molar-refractivity contribution in [1.29, 1.82) is 5.26 Å². The molecule has 0 fully saturated rings. The highest BCUT2D eigenvalue weighted by atomic mass is 15.1. The molecule has 0 bridgehead atoms. The molecule has 0 amide bonds. The second-order valence-electron chi connectivity index (χ2n) is 3.60. The molecule has 0 atom stereocenters. The summed E-state index contributed by atoms with van der Waals surface area (Å²) in [6.45, 7) is 0. The first-order chi connectivity index (χ1) is 8.38. The fourth-order valence-corrected chi connectivity index (χ4v) is 1.72. The Morgan fingerprint density at radius 2 is 2.00 bits per heavy atom. The van der Waals surface area contributed by atoms with Crippen LogP contribution in [0.3, 0.4) is 0 Å². The zero-order valence-electron chi connectivity index (χ0n) is 8.91. The van der Waals surface area contributed by atoms with Crippen LogP contribution in [0.1, 0.15) is 5.69 Å². The monoisotopic (exact) mass is 220 g/mol. The molecule has 0 aliphatic rings. The van der Waals surface area contributed by atoms with Crippen LogP contribution in [0.5, 0.6) is 0 Å². The standard InChI is InChI=1S/C13H8N4/c14-8-11-5-3-7-17(11)13-15-9-10-4-1-2-6-12(10)16-13/h1-7,9H. The number of hydrogen-bond donors (Lipinski definition) is 0. The van der Waals surface area contributed by atoms with Crippen LogP contribution in [0.4, 0.5) is 0 Å². The number of para-hydroxylation sites is 1. The van der Waals surface area contributed by atoms with Crippen molar-refractivity contribution < 1.29 is 0 Å². The lowest BCUT2D eigenvalue weighted by Gasteiger charge is -2.03. The van der Waals surface area contributed by atoms with Crippen LogP contribution in [-0.2, 0) is 0 Å². The molecule has 4 nitrogen and oxygen atoms in total. The van der Waals surface area contributed by atoms with Crippen LogP contribution in [0.25, 0.3) is 16.9 Å². The fraction of sp³-hybridized carbons (Fsp3) is 0. The van der Waals surface area contributed by atoms with Gasteiger partial charge in [-0.25, -0.2) is 9.97 Å². The summed E-state index contributed by atoms with van der Waals surface area (Å²) in [6.07, 6.45) is 3.54. The molecule has 0 spiro atoms. The van der Waals surface area contributed by atoms with Gasteiger partial charge in [0.25, 0.3) is 0 Å². The number of nitrogens with zero attached hydrogens (tertiary/aromatic N) is 4. The molecule has 0 aliphatic carbocycles. The van der Waals surface area contributed by atoms with Crippen molar-refractivity contribution in [3.8, 4) is 12.0 Å². The van der Waals surface area contributed by atoms with E-state index in [4.69, 9.17) is 5.26 Å². The lowest BCUT2D eigenvalue weighted by atomic mass is 10.2. The average molecular weight is 220 g/mol. The van der Waals surface area contributed by atoms with E-state index in [1.54, 1.807) is 29.1 Å². The van der Waals surface area contributed by atoms with Crippen LogP contribution in [0, 0.1) is 11.3 Å². The van der Waals surface area contributed by atoms with E-state index in [1.165, 1.54) is 0 Å². The minimum absolute atomic E-state index is 0.519. The molecule has 2 heterocycles. The Morgan fingerprint density at radius 1 is 1.12 bits per heavy atom. The van der Waals surface area contributed by atoms with E-state index in [0.717, 1.165) is 10.9 Å². The molecular weight excluding hydrogens is 212 g/mol. The second kappa shape index (κ2) is 3.72. The van der Waals surface area contributed by atoms with Crippen molar-refractivity contribution in [3.05, 3.63) is 54.5 Å². The first kappa shape index (κ1) is 9.55. The van der Waals surface area contributed by atoms with Crippen LogP contribution in [0.2, 0.25) is 0 Å². The molecule has 0 N–H and O–H groups in total. The van der Waals surface area contributed by atoms with E-state index < -0.39 is 0 Å². The quantitative estimate of drug-likeness (QED) is 0.632. The van der Waals surface area contributed by atoms with Crippen molar-refractivity contribution in [1.82, 2.24) is 14.5 Å². The Kier molecular flexibility index (Phi) is 2.09. The highest BCUT2D eigenvalue weighted by Gasteiger charge is 2.05. The Bertz CT molecular complexity index is 721. The number of aromatic nitrogens is 3. The molecule has 0 saturated heterocycles. The molecule has 1 aromatic carbocycles. The van der Waals surface area contributed by atoms with Crippen LogP contribution < -0.4 is 0 Å². The molecule has 2 aromatic heterocycles. The zero-order valence-corrected chi connectivity index (χ0v) is 8.91. The molecule has 3 aromatic rings. The average Bonchev–Trinajstić information content (AvgIpc) is 2.86. The van der Waals surface area contributed by atoms with Crippen molar-refractivity contribution in [2.45, 2.75) is 0 Å². The van der Waals surface area contributed by atoms with Gasteiger partial charge in [-0.2, -0.15) is 5.26 Å². The molecule has 17 heavy (non-hydrogen) atoms. The zero-order chi connectivity index (χ0) is 11.7. The van der Waals surface area contributed by atoms with Crippen LogP contribution in [0.15, 0.2) is 48.8 Å². The largest absolute Gasteiger partial charge is 0.276 e. The Hall–Kier alpha value is -2.67. The van der Waals surface area contributed by atoms with Gasteiger partial charge in [-0.1, -0.05) is 18.2 Å². The van der Waals surface area contributed by atoms with Gasteiger partial charge in [-0.3, -0.25) is 4.57 Å². The van der Waals surface area contributed by atoms with Gasteiger partial charge in [-0.05, 0) is 18.2 Å². The first-order valence-electron chi connectivity index (χ1n) is 5.18. The molecule has 0 aliphatic heterocycles. The Morgan fingerprint density at radius 3 is 2.88 bits per heavy atom. The van der Waals surface area contributed by atoms with Crippen molar-refractivity contribution in [2.24, 2.45) is 0 Å². The summed E-state index contributed by atoms with van der Waals surface area (Å²) >= 11 is 0. The van der Waals surface area contributed by atoms with E-state index >= 15 is 0 Å². The predicted molar refractivity (Wildman–Crippen MR) is 63.6 cm³/mol. The lowest BCUT2D eigenvalue weighted by Crippen LogP contribution is -2.01. The summed E-state index contributed by atoms with van der Waals surface area (Å²) in [5, 5.41) is 9.94. The maximum atomic E-state index is 8.96. The van der Waals surface area contributed by atoms with E-state index in [-0.39, 0.29) is 0 Å². The third kappa shape index (κ3) is 1.54. The van der Waals surface area contributed by atoms with E-state index in [9.17, 15) is 0 Å². The van der Waals surface area contributed by atoms with Crippen molar-refractivity contribution in [2.75, 3.05) is 0 Å². The summed E-state index contributed by atoms with van der Waals surface area (Å²) in [7, 11) is 0. The number of nitriles is 1. The summed E-state index contributed by atoms with van der Waals surface area (Å²) < 4.78 is 1.67. The van der Waals surface area contributed by atoms with Gasteiger partial charge >= 0.3 is 0 Å².